The van der Waals surface area contributed by atoms with Gasteiger partial charge in [0, 0.05) is 29.4 Å². The Kier molecular flexibility index (Phi) is 3.77. The molecule has 0 saturated carbocycles. The number of furan rings is 1. The Balaban J connectivity index is 1.80. The zero-order valence-corrected chi connectivity index (χ0v) is 13.9. The first kappa shape index (κ1) is 15.5. The SMILES string of the molecule is COc1cccc(-c2cncc3cc(/C=C4/SC(=O)NC4=O)oc23)c1. The van der Waals surface area contributed by atoms with E-state index < -0.39 is 5.91 Å². The van der Waals surface area contributed by atoms with Gasteiger partial charge < -0.3 is 9.15 Å². The molecule has 0 aliphatic carbocycles. The fourth-order valence-electron chi connectivity index (χ4n) is 2.60. The molecule has 0 atom stereocenters. The lowest BCUT2D eigenvalue weighted by molar-refractivity contribution is -0.115. The van der Waals surface area contributed by atoms with Crippen LogP contribution in [0.3, 0.4) is 0 Å². The second-order valence-electron chi connectivity index (χ2n) is 5.34. The molecule has 6 nitrogen and oxygen atoms in total. The van der Waals surface area contributed by atoms with Gasteiger partial charge in [-0.05, 0) is 35.5 Å². The maximum absolute atomic E-state index is 11.7. The van der Waals surface area contributed by atoms with Crippen LogP contribution in [0.1, 0.15) is 5.76 Å². The van der Waals surface area contributed by atoms with Crippen molar-refractivity contribution in [2.75, 3.05) is 7.11 Å². The standard InChI is InChI=1S/C18H12N2O4S/c1-23-12-4-2-3-10(5-12)14-9-19-8-11-6-13(24-16(11)14)7-15-17(21)20-18(22)25-15/h2-9H,1H3,(H,20,21,22)/b15-7+. The number of fused-ring (bicyclic) bond motifs is 1. The molecule has 1 aliphatic heterocycles. The molecule has 1 fully saturated rings. The average molecular weight is 352 g/mol. The molecule has 3 aromatic rings. The third kappa shape index (κ3) is 2.89. The normalized spacial score (nSPS) is 15.8. The molecular weight excluding hydrogens is 340 g/mol. The third-order valence-electron chi connectivity index (χ3n) is 3.74. The summed E-state index contributed by atoms with van der Waals surface area (Å²) in [6, 6.07) is 9.39. The Morgan fingerprint density at radius 3 is 2.88 bits per heavy atom. The number of hydrogen-bond donors (Lipinski definition) is 1. The fourth-order valence-corrected chi connectivity index (χ4v) is 3.26. The number of nitrogens with one attached hydrogen (secondary N) is 1. The molecule has 25 heavy (non-hydrogen) atoms. The van der Waals surface area contributed by atoms with Gasteiger partial charge in [-0.25, -0.2) is 0 Å². The minimum atomic E-state index is -0.415. The fraction of sp³-hybridized carbons (Fsp3) is 0.0556. The molecule has 0 spiro atoms. The summed E-state index contributed by atoms with van der Waals surface area (Å²) in [6.45, 7) is 0. The maximum Gasteiger partial charge on any atom is 0.290 e. The van der Waals surface area contributed by atoms with E-state index >= 15 is 0 Å². The zero-order chi connectivity index (χ0) is 17.4. The van der Waals surface area contributed by atoms with Crippen LogP contribution in [-0.4, -0.2) is 23.2 Å². The van der Waals surface area contributed by atoms with Gasteiger partial charge in [-0.1, -0.05) is 12.1 Å². The topological polar surface area (TPSA) is 81.4 Å². The molecule has 0 bridgehead atoms. The van der Waals surface area contributed by atoms with Crippen LogP contribution in [0.25, 0.3) is 28.2 Å². The third-order valence-corrected chi connectivity index (χ3v) is 4.55. The summed E-state index contributed by atoms with van der Waals surface area (Å²) in [4.78, 5) is 27.5. The second-order valence-corrected chi connectivity index (χ2v) is 6.35. The highest BCUT2D eigenvalue weighted by Gasteiger charge is 2.25. The summed E-state index contributed by atoms with van der Waals surface area (Å²) in [5, 5.41) is 2.64. The van der Waals surface area contributed by atoms with E-state index in [1.165, 1.54) is 0 Å². The first-order chi connectivity index (χ1) is 12.1. The number of aromatic nitrogens is 1. The van der Waals surface area contributed by atoms with Crippen molar-refractivity contribution in [3.63, 3.8) is 0 Å². The lowest BCUT2D eigenvalue weighted by Gasteiger charge is -2.04. The molecule has 0 radical (unpaired) electrons. The Morgan fingerprint density at radius 2 is 2.12 bits per heavy atom. The Bertz CT molecular complexity index is 1040. The first-order valence-electron chi connectivity index (χ1n) is 7.41. The predicted molar refractivity (Wildman–Crippen MR) is 95.1 cm³/mol. The minimum absolute atomic E-state index is 0.306. The van der Waals surface area contributed by atoms with Crippen molar-refractivity contribution in [1.29, 1.82) is 0 Å². The van der Waals surface area contributed by atoms with Crippen molar-refractivity contribution in [2.24, 2.45) is 0 Å². The monoisotopic (exact) mass is 352 g/mol. The number of imide groups is 1. The van der Waals surface area contributed by atoms with Gasteiger partial charge >= 0.3 is 0 Å². The van der Waals surface area contributed by atoms with Crippen LogP contribution in [0.15, 0.2) is 52.0 Å². The molecule has 1 saturated heterocycles. The van der Waals surface area contributed by atoms with Gasteiger partial charge in [-0.15, -0.1) is 0 Å². The van der Waals surface area contributed by atoms with Crippen molar-refractivity contribution in [1.82, 2.24) is 10.3 Å². The number of rotatable bonds is 3. The van der Waals surface area contributed by atoms with Crippen molar-refractivity contribution in [2.45, 2.75) is 0 Å². The molecule has 0 unspecified atom stereocenters. The maximum atomic E-state index is 11.7. The van der Waals surface area contributed by atoms with Gasteiger partial charge in [0.05, 0.1) is 12.0 Å². The van der Waals surface area contributed by atoms with Gasteiger partial charge in [-0.3, -0.25) is 19.9 Å². The Labute approximate surface area is 146 Å². The summed E-state index contributed by atoms with van der Waals surface area (Å²) in [5.41, 5.74) is 2.39. The Morgan fingerprint density at radius 1 is 1.24 bits per heavy atom. The average Bonchev–Trinajstić information content (AvgIpc) is 3.17. The number of carbonyl (C=O) groups is 2. The number of nitrogens with zero attached hydrogens (tertiary/aromatic N) is 1. The van der Waals surface area contributed by atoms with Crippen molar-refractivity contribution >= 4 is 40.0 Å². The van der Waals surface area contributed by atoms with Gasteiger partial charge in [0.25, 0.3) is 11.1 Å². The number of amides is 2. The molecule has 124 valence electrons. The quantitative estimate of drug-likeness (QED) is 0.722. The largest absolute Gasteiger partial charge is 0.497 e. The van der Waals surface area contributed by atoms with Crippen LogP contribution in [0.2, 0.25) is 0 Å². The van der Waals surface area contributed by atoms with Crippen LogP contribution >= 0.6 is 11.8 Å². The summed E-state index contributed by atoms with van der Waals surface area (Å²) < 4.78 is 11.2. The highest BCUT2D eigenvalue weighted by atomic mass is 32.2. The van der Waals surface area contributed by atoms with Gasteiger partial charge in [0.1, 0.15) is 17.1 Å². The minimum Gasteiger partial charge on any atom is -0.497 e. The van der Waals surface area contributed by atoms with Crippen LogP contribution in [0.4, 0.5) is 4.79 Å². The highest BCUT2D eigenvalue weighted by molar-refractivity contribution is 8.18. The van der Waals surface area contributed by atoms with Gasteiger partial charge in [0.2, 0.25) is 0 Å². The van der Waals surface area contributed by atoms with E-state index in [0.29, 0.717) is 16.2 Å². The molecule has 2 amide bonds. The van der Waals surface area contributed by atoms with E-state index in [9.17, 15) is 9.59 Å². The van der Waals surface area contributed by atoms with E-state index in [1.807, 2.05) is 24.3 Å². The number of thioether (sulfide) groups is 1. The number of methoxy groups -OCH3 is 1. The summed E-state index contributed by atoms with van der Waals surface area (Å²) in [7, 11) is 1.61. The zero-order valence-electron chi connectivity index (χ0n) is 13.1. The lowest BCUT2D eigenvalue weighted by atomic mass is 10.1. The van der Waals surface area contributed by atoms with Crippen LogP contribution in [0, 0.1) is 0 Å². The second kappa shape index (κ2) is 6.10. The number of carbonyl (C=O) groups excluding carboxylic acids is 2. The van der Waals surface area contributed by atoms with E-state index in [2.05, 4.69) is 10.3 Å². The van der Waals surface area contributed by atoms with Crippen LogP contribution < -0.4 is 10.1 Å². The molecular formula is C18H12N2O4S. The molecule has 3 heterocycles. The highest BCUT2D eigenvalue weighted by Crippen LogP contribution is 2.33. The molecule has 2 aromatic heterocycles. The summed E-state index contributed by atoms with van der Waals surface area (Å²) >= 11 is 0.853. The molecule has 7 heteroatoms. The van der Waals surface area contributed by atoms with E-state index in [0.717, 1.165) is 34.0 Å². The molecule has 1 aliphatic rings. The van der Waals surface area contributed by atoms with Crippen LogP contribution in [0.5, 0.6) is 5.75 Å². The van der Waals surface area contributed by atoms with Gasteiger partial charge in [0.15, 0.2) is 0 Å². The van der Waals surface area contributed by atoms with Gasteiger partial charge in [-0.2, -0.15) is 0 Å². The number of pyridine rings is 1. The summed E-state index contributed by atoms with van der Waals surface area (Å²) in [5.74, 6) is 0.807. The van der Waals surface area contributed by atoms with E-state index in [4.69, 9.17) is 9.15 Å². The van der Waals surface area contributed by atoms with Crippen LogP contribution in [-0.2, 0) is 4.79 Å². The van der Waals surface area contributed by atoms with Crippen molar-refractivity contribution in [3.05, 3.63) is 53.4 Å². The first-order valence-corrected chi connectivity index (χ1v) is 8.22. The molecule has 1 aromatic carbocycles. The summed E-state index contributed by atoms with van der Waals surface area (Å²) in [6.07, 6.45) is 4.97. The number of benzene rings is 1. The van der Waals surface area contributed by atoms with E-state index in [1.54, 1.807) is 31.6 Å². The molecule has 1 N–H and O–H groups in total. The Hall–Kier alpha value is -3.06. The predicted octanol–water partition coefficient (Wildman–Crippen LogP) is 3.83. The smallest absolute Gasteiger partial charge is 0.290 e. The van der Waals surface area contributed by atoms with E-state index in [-0.39, 0.29) is 5.24 Å². The van der Waals surface area contributed by atoms with Crippen molar-refractivity contribution in [3.8, 4) is 16.9 Å². The number of ether oxygens (including phenoxy) is 1. The molecule has 4 rings (SSSR count). The lowest BCUT2D eigenvalue weighted by Crippen LogP contribution is -2.17. The van der Waals surface area contributed by atoms with Crippen molar-refractivity contribution < 1.29 is 18.7 Å². The number of hydrogen-bond acceptors (Lipinski definition) is 6.